The molecule has 0 spiro atoms. The monoisotopic (exact) mass is 497 g/mol. The molecule has 0 unspecified atom stereocenters. The van der Waals surface area contributed by atoms with Gasteiger partial charge < -0.3 is 13.9 Å². The number of hydrogen-bond donors (Lipinski definition) is 1. The lowest BCUT2D eigenvalue weighted by atomic mass is 10.1. The van der Waals surface area contributed by atoms with E-state index < -0.39 is 15.8 Å². The summed E-state index contributed by atoms with van der Waals surface area (Å²) in [6, 6.07) is 13.9. The van der Waals surface area contributed by atoms with Crippen LogP contribution in [0, 0.1) is 17.1 Å². The van der Waals surface area contributed by atoms with Gasteiger partial charge in [0.15, 0.2) is 5.76 Å². The molecule has 0 aliphatic carbocycles. The van der Waals surface area contributed by atoms with Gasteiger partial charge in [-0.2, -0.15) is 5.26 Å². The minimum Gasteiger partial charge on any atom is -0.494 e. The minimum absolute atomic E-state index is 0.0182. The summed E-state index contributed by atoms with van der Waals surface area (Å²) in [4.78, 5) is 0. The molecule has 2 heterocycles. The average molecular weight is 498 g/mol. The number of rotatable bonds is 9. The smallest absolute Gasteiger partial charge is 0.243 e. The lowest BCUT2D eigenvalue weighted by Gasteiger charge is -2.17. The van der Waals surface area contributed by atoms with E-state index in [1.165, 1.54) is 37.2 Å². The number of nitrogens with one attached hydrogen (secondary N) is 1. The number of nitrogens with zero attached hydrogens (tertiary/aromatic N) is 4. The van der Waals surface area contributed by atoms with Gasteiger partial charge in [0, 0.05) is 0 Å². The fourth-order valence-electron chi connectivity index (χ4n) is 3.48. The lowest BCUT2D eigenvalue weighted by Crippen LogP contribution is -2.21. The minimum atomic E-state index is -3.98. The molecule has 12 heteroatoms. The van der Waals surface area contributed by atoms with Crippen molar-refractivity contribution in [1.29, 1.82) is 5.26 Å². The molecule has 2 aromatic heterocycles. The topological polar surface area (TPSA) is 132 Å². The standard InChI is InChI=1S/C23H20FN5O5S/c1-32-18-5-3-6-19(33-2)21(18)29-22(20-7-4-11-34-20)26-27-23(29)28-35(30,31)12-10-15-8-9-17(24)13-16(15)14-25/h3-9,11,13H,10,12H2,1-2H3,(H,27,28). The number of furan rings is 1. The largest absolute Gasteiger partial charge is 0.494 e. The van der Waals surface area contributed by atoms with Crippen LogP contribution in [0.4, 0.5) is 10.3 Å². The zero-order chi connectivity index (χ0) is 25.0. The van der Waals surface area contributed by atoms with Crippen LogP contribution >= 0.6 is 0 Å². The van der Waals surface area contributed by atoms with E-state index in [1.807, 2.05) is 6.07 Å². The summed E-state index contributed by atoms with van der Waals surface area (Å²) >= 11 is 0. The molecule has 1 N–H and O–H groups in total. The molecule has 0 saturated heterocycles. The normalized spacial score (nSPS) is 11.1. The second kappa shape index (κ2) is 9.86. The van der Waals surface area contributed by atoms with E-state index in [-0.39, 0.29) is 29.5 Å². The van der Waals surface area contributed by atoms with Gasteiger partial charge in [0.05, 0.1) is 37.9 Å². The van der Waals surface area contributed by atoms with Crippen molar-refractivity contribution >= 4 is 16.0 Å². The molecule has 4 rings (SSSR count). The van der Waals surface area contributed by atoms with Crippen LogP contribution < -0.4 is 14.2 Å². The van der Waals surface area contributed by atoms with Crippen molar-refractivity contribution in [1.82, 2.24) is 14.8 Å². The molecule has 180 valence electrons. The van der Waals surface area contributed by atoms with Gasteiger partial charge in [0.2, 0.25) is 21.8 Å². The Morgan fingerprint density at radius 1 is 1.11 bits per heavy atom. The second-order valence-corrected chi connectivity index (χ2v) is 9.10. The molecular weight excluding hydrogens is 477 g/mol. The van der Waals surface area contributed by atoms with Gasteiger partial charge >= 0.3 is 0 Å². The Balaban J connectivity index is 1.73. The van der Waals surface area contributed by atoms with E-state index in [2.05, 4.69) is 14.9 Å². The van der Waals surface area contributed by atoms with Crippen LogP contribution in [-0.4, -0.2) is 43.2 Å². The van der Waals surface area contributed by atoms with Gasteiger partial charge in [-0.1, -0.05) is 12.1 Å². The summed E-state index contributed by atoms with van der Waals surface area (Å²) in [5, 5.41) is 17.4. The van der Waals surface area contributed by atoms with E-state index in [4.69, 9.17) is 13.9 Å². The molecule has 35 heavy (non-hydrogen) atoms. The first-order valence-corrected chi connectivity index (χ1v) is 11.9. The van der Waals surface area contributed by atoms with Crippen molar-refractivity contribution in [3.8, 4) is 34.8 Å². The number of anilines is 1. The molecule has 0 bridgehead atoms. The zero-order valence-corrected chi connectivity index (χ0v) is 19.5. The van der Waals surface area contributed by atoms with Crippen LogP contribution in [-0.2, 0) is 16.4 Å². The number of sulfonamides is 1. The molecule has 0 fully saturated rings. The number of aryl methyl sites for hydroxylation is 1. The SMILES string of the molecule is COc1cccc(OC)c1-n1c(NS(=O)(=O)CCc2ccc(F)cc2C#N)nnc1-c1ccco1. The van der Waals surface area contributed by atoms with Crippen LogP contribution in [0.1, 0.15) is 11.1 Å². The summed E-state index contributed by atoms with van der Waals surface area (Å²) in [6.07, 6.45) is 1.43. The number of aromatic nitrogens is 3. The molecular formula is C23H20FN5O5S. The van der Waals surface area contributed by atoms with Crippen LogP contribution in [0.5, 0.6) is 11.5 Å². The Hall–Kier alpha value is -4.37. The lowest BCUT2D eigenvalue weighted by molar-refractivity contribution is 0.391. The van der Waals surface area contributed by atoms with Crippen LogP contribution in [0.15, 0.2) is 59.2 Å². The van der Waals surface area contributed by atoms with Crippen molar-refractivity contribution in [2.75, 3.05) is 24.7 Å². The first kappa shape index (κ1) is 23.8. The van der Waals surface area contributed by atoms with E-state index in [9.17, 15) is 18.1 Å². The maximum absolute atomic E-state index is 13.4. The third-order valence-corrected chi connectivity index (χ3v) is 6.34. The van der Waals surface area contributed by atoms with Gasteiger partial charge in [-0.3, -0.25) is 9.29 Å². The van der Waals surface area contributed by atoms with E-state index in [0.29, 0.717) is 28.5 Å². The molecule has 0 radical (unpaired) electrons. The first-order chi connectivity index (χ1) is 16.9. The maximum atomic E-state index is 13.4. The fraction of sp³-hybridized carbons (Fsp3) is 0.174. The Labute approximate surface area is 200 Å². The van der Waals surface area contributed by atoms with E-state index in [1.54, 1.807) is 30.3 Å². The van der Waals surface area contributed by atoms with Crippen molar-refractivity contribution in [3.63, 3.8) is 0 Å². The van der Waals surface area contributed by atoms with Crippen molar-refractivity contribution in [2.24, 2.45) is 0 Å². The number of nitriles is 1. The predicted octanol–water partition coefficient (Wildman–Crippen LogP) is 3.54. The van der Waals surface area contributed by atoms with Gasteiger partial charge in [0.25, 0.3) is 0 Å². The van der Waals surface area contributed by atoms with Crippen LogP contribution in [0.3, 0.4) is 0 Å². The molecule has 10 nitrogen and oxygen atoms in total. The summed E-state index contributed by atoms with van der Waals surface area (Å²) in [5.74, 6) is 0.208. The predicted molar refractivity (Wildman–Crippen MR) is 124 cm³/mol. The Bertz CT molecular complexity index is 1470. The number of benzene rings is 2. The van der Waals surface area contributed by atoms with Gasteiger partial charge in [-0.15, -0.1) is 10.2 Å². The van der Waals surface area contributed by atoms with Gasteiger partial charge in [0.1, 0.15) is 23.0 Å². The summed E-state index contributed by atoms with van der Waals surface area (Å²) < 4.78 is 59.7. The third-order valence-electron chi connectivity index (χ3n) is 5.11. The van der Waals surface area contributed by atoms with Gasteiger partial charge in [-0.25, -0.2) is 12.8 Å². The highest BCUT2D eigenvalue weighted by molar-refractivity contribution is 7.92. The highest BCUT2D eigenvalue weighted by atomic mass is 32.2. The maximum Gasteiger partial charge on any atom is 0.243 e. The third kappa shape index (κ3) is 4.95. The van der Waals surface area contributed by atoms with Crippen molar-refractivity contribution in [2.45, 2.75) is 6.42 Å². The molecule has 0 saturated carbocycles. The van der Waals surface area contributed by atoms with Crippen LogP contribution in [0.25, 0.3) is 17.3 Å². The highest BCUT2D eigenvalue weighted by Crippen LogP contribution is 2.37. The van der Waals surface area contributed by atoms with Crippen molar-refractivity contribution < 1.29 is 26.7 Å². The van der Waals surface area contributed by atoms with E-state index >= 15 is 0 Å². The second-order valence-electron chi connectivity index (χ2n) is 7.26. The quantitative estimate of drug-likeness (QED) is 0.371. The number of ether oxygens (including phenoxy) is 2. The Kier molecular flexibility index (Phi) is 6.70. The molecule has 2 aromatic carbocycles. The highest BCUT2D eigenvalue weighted by Gasteiger charge is 2.26. The average Bonchev–Trinajstić information content (AvgIpc) is 3.52. The Morgan fingerprint density at radius 3 is 2.49 bits per heavy atom. The molecule has 0 atom stereocenters. The molecule has 0 amide bonds. The summed E-state index contributed by atoms with van der Waals surface area (Å²) in [5.41, 5.74) is 0.836. The summed E-state index contributed by atoms with van der Waals surface area (Å²) in [7, 11) is -1.05. The van der Waals surface area contributed by atoms with Gasteiger partial charge in [-0.05, 0) is 48.4 Å². The number of halogens is 1. The zero-order valence-electron chi connectivity index (χ0n) is 18.7. The number of hydrogen-bond acceptors (Lipinski definition) is 8. The fourth-order valence-corrected chi connectivity index (χ4v) is 4.49. The number of para-hydroxylation sites is 1. The molecule has 4 aromatic rings. The molecule has 0 aliphatic rings. The van der Waals surface area contributed by atoms with Crippen molar-refractivity contribution in [3.05, 3.63) is 71.7 Å². The Morgan fingerprint density at radius 2 is 1.86 bits per heavy atom. The van der Waals surface area contributed by atoms with E-state index in [0.717, 1.165) is 6.07 Å². The number of methoxy groups -OCH3 is 2. The first-order valence-electron chi connectivity index (χ1n) is 10.3. The summed E-state index contributed by atoms with van der Waals surface area (Å²) in [6.45, 7) is 0. The molecule has 0 aliphatic heterocycles. The van der Waals surface area contributed by atoms with Crippen LogP contribution in [0.2, 0.25) is 0 Å².